The molecule has 3 atom stereocenters. The van der Waals surface area contributed by atoms with Crippen molar-refractivity contribution < 1.29 is 9.53 Å². The van der Waals surface area contributed by atoms with E-state index in [-0.39, 0.29) is 22.2 Å². The predicted molar refractivity (Wildman–Crippen MR) is 117 cm³/mol. The van der Waals surface area contributed by atoms with Crippen molar-refractivity contribution in [3.05, 3.63) is 35.9 Å². The zero-order valence-corrected chi connectivity index (χ0v) is 17.9. The summed E-state index contributed by atoms with van der Waals surface area (Å²) in [5.41, 5.74) is 0.643. The summed E-state index contributed by atoms with van der Waals surface area (Å²) in [5.74, 6) is 2.25. The van der Waals surface area contributed by atoms with E-state index in [0.29, 0.717) is 13.2 Å². The Morgan fingerprint density at radius 1 is 1.21 bits per heavy atom. The zero-order valence-electron chi connectivity index (χ0n) is 15.5. The average molecular weight is 437 g/mol. The molecular weight excluding hydrogens is 412 g/mol. The number of nitrogens with one attached hydrogen (secondary N) is 3. The molecule has 0 saturated carbocycles. The van der Waals surface area contributed by atoms with Crippen molar-refractivity contribution >= 4 is 46.9 Å². The summed E-state index contributed by atoms with van der Waals surface area (Å²) in [6.07, 6.45) is 2.23. The van der Waals surface area contributed by atoms with Crippen molar-refractivity contribution in [1.82, 2.24) is 20.9 Å². The molecule has 3 N–H and O–H groups in total. The SMILES string of the molecule is O=C1N[C@H]2[C@H](COCc3ccccc3)NC(=S)N3CCC4(SCCCS4)[C@]23N1. The van der Waals surface area contributed by atoms with Crippen LogP contribution in [-0.2, 0) is 11.3 Å². The first-order valence-corrected chi connectivity index (χ1v) is 12.1. The Morgan fingerprint density at radius 3 is 2.79 bits per heavy atom. The fourth-order valence-electron chi connectivity index (χ4n) is 4.86. The lowest BCUT2D eigenvalue weighted by atomic mass is 9.90. The fourth-order valence-corrected chi connectivity index (χ4v) is 8.99. The molecule has 0 unspecified atom stereocenters. The summed E-state index contributed by atoms with van der Waals surface area (Å²) in [4.78, 5) is 14.8. The smallest absolute Gasteiger partial charge is 0.317 e. The molecule has 4 saturated heterocycles. The molecule has 9 heteroatoms. The van der Waals surface area contributed by atoms with Gasteiger partial charge in [-0.25, -0.2) is 4.79 Å². The van der Waals surface area contributed by atoms with E-state index < -0.39 is 5.66 Å². The Morgan fingerprint density at radius 2 is 2.00 bits per heavy atom. The maximum atomic E-state index is 12.5. The standard InChI is InChI=1S/C19H24N4O2S3/c24-16-21-15-14(12-25-11-13-5-2-1-3-6-13)20-17(26)23-8-7-18(19(15,23)22-16)27-9-4-10-28-18/h1-3,5-6,14-15H,4,7-12H2,(H,20,26)(H2,21,22,24)/t14-,15-,19-/m0/s1. The number of carbonyl (C=O) groups is 1. The molecule has 0 aromatic heterocycles. The minimum atomic E-state index is -0.497. The quantitative estimate of drug-likeness (QED) is 0.625. The van der Waals surface area contributed by atoms with Crippen LogP contribution in [0.2, 0.25) is 0 Å². The molecule has 1 aromatic rings. The molecule has 4 heterocycles. The van der Waals surface area contributed by atoms with Gasteiger partial charge in [-0.1, -0.05) is 30.3 Å². The Kier molecular flexibility index (Phi) is 4.89. The number of hydrogen-bond acceptors (Lipinski definition) is 5. The van der Waals surface area contributed by atoms with E-state index in [4.69, 9.17) is 17.0 Å². The van der Waals surface area contributed by atoms with Gasteiger partial charge in [0.05, 0.1) is 25.3 Å². The summed E-state index contributed by atoms with van der Waals surface area (Å²) >= 11 is 9.72. The lowest BCUT2D eigenvalue weighted by Crippen LogP contribution is -2.79. The Balaban J connectivity index is 1.40. The summed E-state index contributed by atoms with van der Waals surface area (Å²) < 4.78 is 5.97. The Labute approximate surface area is 178 Å². The van der Waals surface area contributed by atoms with Crippen LogP contribution in [0.5, 0.6) is 0 Å². The molecular formula is C19H24N4O2S3. The van der Waals surface area contributed by atoms with Gasteiger partial charge >= 0.3 is 6.03 Å². The number of nitrogens with zero attached hydrogens (tertiary/aromatic N) is 1. The van der Waals surface area contributed by atoms with Crippen LogP contribution in [0.25, 0.3) is 0 Å². The maximum absolute atomic E-state index is 12.5. The number of amides is 2. The van der Waals surface area contributed by atoms with E-state index in [0.717, 1.165) is 35.1 Å². The number of carbonyl (C=O) groups excluding carboxylic acids is 1. The van der Waals surface area contributed by atoms with Gasteiger partial charge in [-0.15, -0.1) is 23.5 Å². The minimum Gasteiger partial charge on any atom is -0.375 e. The molecule has 150 valence electrons. The van der Waals surface area contributed by atoms with Crippen molar-refractivity contribution in [3.63, 3.8) is 0 Å². The van der Waals surface area contributed by atoms with E-state index in [9.17, 15) is 4.79 Å². The molecule has 2 amide bonds. The highest BCUT2D eigenvalue weighted by Gasteiger charge is 2.71. The second kappa shape index (κ2) is 7.27. The molecule has 0 bridgehead atoms. The predicted octanol–water partition coefficient (Wildman–Crippen LogP) is 2.11. The molecule has 5 rings (SSSR count). The van der Waals surface area contributed by atoms with Crippen LogP contribution in [0.3, 0.4) is 0 Å². The first-order valence-electron chi connectivity index (χ1n) is 9.71. The van der Waals surface area contributed by atoms with Gasteiger partial charge in [0.25, 0.3) is 0 Å². The van der Waals surface area contributed by atoms with E-state index in [1.165, 1.54) is 6.42 Å². The second-order valence-corrected chi connectivity index (χ2v) is 11.0. The van der Waals surface area contributed by atoms with Gasteiger partial charge in [-0.05, 0) is 42.1 Å². The molecule has 4 aliphatic heterocycles. The number of thioether (sulfide) groups is 2. The molecule has 0 aliphatic carbocycles. The lowest BCUT2D eigenvalue weighted by molar-refractivity contribution is 0.0526. The van der Waals surface area contributed by atoms with E-state index >= 15 is 0 Å². The molecule has 2 spiro atoms. The third kappa shape index (κ3) is 2.81. The van der Waals surface area contributed by atoms with Gasteiger partial charge < -0.3 is 25.6 Å². The highest BCUT2D eigenvalue weighted by molar-refractivity contribution is 8.19. The highest BCUT2D eigenvalue weighted by atomic mass is 32.2. The van der Waals surface area contributed by atoms with E-state index in [2.05, 4.69) is 33.0 Å². The van der Waals surface area contributed by atoms with Crippen molar-refractivity contribution in [1.29, 1.82) is 0 Å². The van der Waals surface area contributed by atoms with Gasteiger partial charge in [-0.3, -0.25) is 0 Å². The normalized spacial score (nSPS) is 33.1. The summed E-state index contributed by atoms with van der Waals surface area (Å²) in [6, 6.07) is 9.88. The second-order valence-electron chi connectivity index (χ2n) is 7.60. The van der Waals surface area contributed by atoms with Gasteiger partial charge in [0.15, 0.2) is 10.8 Å². The van der Waals surface area contributed by atoms with Crippen LogP contribution >= 0.6 is 35.7 Å². The summed E-state index contributed by atoms with van der Waals surface area (Å²) in [7, 11) is 0. The van der Waals surface area contributed by atoms with Gasteiger partial charge in [0, 0.05) is 6.54 Å². The first kappa shape index (κ1) is 18.8. The van der Waals surface area contributed by atoms with E-state index in [1.54, 1.807) is 0 Å². The van der Waals surface area contributed by atoms with Gasteiger partial charge in [0.1, 0.15) is 4.08 Å². The number of rotatable bonds is 4. The van der Waals surface area contributed by atoms with Crippen LogP contribution < -0.4 is 16.0 Å². The van der Waals surface area contributed by atoms with Crippen LogP contribution in [0.1, 0.15) is 18.4 Å². The van der Waals surface area contributed by atoms with E-state index in [1.807, 2.05) is 41.7 Å². The fraction of sp³-hybridized carbons (Fsp3) is 0.579. The number of ether oxygens (including phenoxy) is 1. The van der Waals surface area contributed by atoms with Crippen LogP contribution in [-0.4, -0.2) is 62.5 Å². The zero-order chi connectivity index (χ0) is 19.2. The van der Waals surface area contributed by atoms with Crippen molar-refractivity contribution in [3.8, 4) is 0 Å². The molecule has 4 aliphatic rings. The van der Waals surface area contributed by atoms with Crippen molar-refractivity contribution in [2.75, 3.05) is 24.7 Å². The topological polar surface area (TPSA) is 65.6 Å². The number of hydrogen-bond donors (Lipinski definition) is 3. The maximum Gasteiger partial charge on any atom is 0.317 e. The molecule has 1 aromatic carbocycles. The van der Waals surface area contributed by atoms with Crippen LogP contribution in [0, 0.1) is 0 Å². The van der Waals surface area contributed by atoms with Crippen LogP contribution in [0.4, 0.5) is 4.79 Å². The van der Waals surface area contributed by atoms with Gasteiger partial charge in [0.2, 0.25) is 0 Å². The summed E-state index contributed by atoms with van der Waals surface area (Å²) in [5, 5.41) is 10.7. The first-order chi connectivity index (χ1) is 13.6. The van der Waals surface area contributed by atoms with Crippen molar-refractivity contribution in [2.45, 2.75) is 41.3 Å². The Bertz CT molecular complexity index is 774. The van der Waals surface area contributed by atoms with Gasteiger partial charge in [-0.2, -0.15) is 0 Å². The average Bonchev–Trinajstić information content (AvgIpc) is 3.22. The molecule has 4 fully saturated rings. The minimum absolute atomic E-state index is 0.0653. The molecule has 6 nitrogen and oxygen atoms in total. The summed E-state index contributed by atoms with van der Waals surface area (Å²) in [6.45, 7) is 1.90. The molecule has 28 heavy (non-hydrogen) atoms. The van der Waals surface area contributed by atoms with Crippen molar-refractivity contribution in [2.24, 2.45) is 0 Å². The monoisotopic (exact) mass is 436 g/mol. The number of urea groups is 1. The third-order valence-electron chi connectivity index (χ3n) is 6.04. The lowest BCUT2D eigenvalue weighted by Gasteiger charge is -2.55. The van der Waals surface area contributed by atoms with Crippen LogP contribution in [0.15, 0.2) is 30.3 Å². The number of thiocarbonyl (C=S) groups is 1. The molecule has 0 radical (unpaired) electrons. The largest absolute Gasteiger partial charge is 0.375 e. The highest BCUT2D eigenvalue weighted by Crippen LogP contribution is 2.59. The Hall–Kier alpha value is -1.16. The number of benzene rings is 1. The third-order valence-corrected chi connectivity index (χ3v) is 10.0.